The van der Waals surface area contributed by atoms with Crippen molar-refractivity contribution in [1.29, 1.82) is 0 Å². The van der Waals surface area contributed by atoms with Crippen LogP contribution in [-0.4, -0.2) is 24.9 Å². The molecule has 0 bridgehead atoms. The molecule has 136 valence electrons. The minimum atomic E-state index is 0.531. The molecule has 4 rings (SSSR count). The largest absolute Gasteiger partial charge is 0.338 e. The molecule has 27 heavy (non-hydrogen) atoms. The SMILES string of the molecule is Cc1ccc(-c2noc(CSc3nnc(C)n3-c3ccc(C)cc3)n2)cc1. The molecular weight excluding hydrogens is 358 g/mol. The molecular formula is C20H19N5OS. The predicted molar refractivity (Wildman–Crippen MR) is 105 cm³/mol. The molecule has 0 amide bonds. The Labute approximate surface area is 161 Å². The fourth-order valence-corrected chi connectivity index (χ4v) is 3.52. The lowest BCUT2D eigenvalue weighted by molar-refractivity contribution is 0.391. The van der Waals surface area contributed by atoms with Crippen LogP contribution in [0.5, 0.6) is 0 Å². The first kappa shape index (κ1) is 17.5. The van der Waals surface area contributed by atoms with Crippen molar-refractivity contribution in [3.63, 3.8) is 0 Å². The highest BCUT2D eigenvalue weighted by Gasteiger charge is 2.14. The second-order valence-electron chi connectivity index (χ2n) is 6.37. The van der Waals surface area contributed by atoms with Crippen molar-refractivity contribution < 1.29 is 4.52 Å². The van der Waals surface area contributed by atoms with E-state index >= 15 is 0 Å². The zero-order valence-electron chi connectivity index (χ0n) is 15.4. The van der Waals surface area contributed by atoms with Gasteiger partial charge in [0.2, 0.25) is 11.7 Å². The van der Waals surface area contributed by atoms with Crippen LogP contribution in [0, 0.1) is 20.8 Å². The van der Waals surface area contributed by atoms with Crippen LogP contribution in [0.25, 0.3) is 17.1 Å². The van der Waals surface area contributed by atoms with Gasteiger partial charge in [0.15, 0.2) is 5.16 Å². The van der Waals surface area contributed by atoms with E-state index in [4.69, 9.17) is 4.52 Å². The van der Waals surface area contributed by atoms with Gasteiger partial charge in [-0.3, -0.25) is 4.57 Å². The zero-order chi connectivity index (χ0) is 18.8. The van der Waals surface area contributed by atoms with Crippen LogP contribution < -0.4 is 0 Å². The molecule has 7 heteroatoms. The van der Waals surface area contributed by atoms with Gasteiger partial charge in [-0.05, 0) is 32.9 Å². The average Bonchev–Trinajstić information content (AvgIpc) is 3.28. The highest BCUT2D eigenvalue weighted by molar-refractivity contribution is 7.98. The number of thioether (sulfide) groups is 1. The monoisotopic (exact) mass is 377 g/mol. The first-order valence-electron chi connectivity index (χ1n) is 8.61. The molecule has 4 aromatic rings. The summed E-state index contributed by atoms with van der Waals surface area (Å²) in [7, 11) is 0. The molecule has 0 aliphatic rings. The van der Waals surface area contributed by atoms with Gasteiger partial charge in [0.1, 0.15) is 5.82 Å². The Hall–Kier alpha value is -2.93. The second-order valence-corrected chi connectivity index (χ2v) is 7.31. The fraction of sp³-hybridized carbons (Fsp3) is 0.200. The van der Waals surface area contributed by atoms with Gasteiger partial charge in [-0.2, -0.15) is 4.98 Å². The van der Waals surface area contributed by atoms with Crippen molar-refractivity contribution in [2.45, 2.75) is 31.7 Å². The van der Waals surface area contributed by atoms with E-state index in [1.54, 1.807) is 0 Å². The first-order valence-corrected chi connectivity index (χ1v) is 9.60. The molecule has 0 saturated carbocycles. The fourth-order valence-electron chi connectivity index (χ4n) is 2.69. The van der Waals surface area contributed by atoms with Crippen LogP contribution in [-0.2, 0) is 5.75 Å². The molecule has 0 spiro atoms. The number of rotatable bonds is 5. The Balaban J connectivity index is 1.51. The van der Waals surface area contributed by atoms with Crippen LogP contribution >= 0.6 is 11.8 Å². The van der Waals surface area contributed by atoms with E-state index in [0.717, 1.165) is 22.2 Å². The smallest absolute Gasteiger partial charge is 0.237 e. The standard InChI is InChI=1S/C20H19N5OS/c1-13-4-8-16(9-5-13)19-21-18(26-24-19)12-27-20-23-22-15(3)25(20)17-10-6-14(2)7-11-17/h4-11H,12H2,1-3H3. The Morgan fingerprint density at radius 2 is 1.56 bits per heavy atom. The number of aromatic nitrogens is 5. The Morgan fingerprint density at radius 1 is 0.889 bits per heavy atom. The molecule has 2 aromatic heterocycles. The molecule has 6 nitrogen and oxygen atoms in total. The quantitative estimate of drug-likeness (QED) is 0.476. The summed E-state index contributed by atoms with van der Waals surface area (Å²) in [6, 6.07) is 16.4. The lowest BCUT2D eigenvalue weighted by Crippen LogP contribution is -1.99. The third kappa shape index (κ3) is 3.78. The maximum absolute atomic E-state index is 5.40. The molecule has 0 unspecified atom stereocenters. The van der Waals surface area contributed by atoms with Gasteiger partial charge in [-0.1, -0.05) is 64.4 Å². The molecule has 0 N–H and O–H groups in total. The lowest BCUT2D eigenvalue weighted by Gasteiger charge is -2.07. The summed E-state index contributed by atoms with van der Waals surface area (Å²) in [5.74, 6) is 2.53. The van der Waals surface area contributed by atoms with E-state index in [0.29, 0.717) is 17.5 Å². The van der Waals surface area contributed by atoms with E-state index < -0.39 is 0 Å². The zero-order valence-corrected chi connectivity index (χ0v) is 16.2. The van der Waals surface area contributed by atoms with Crippen molar-refractivity contribution in [1.82, 2.24) is 24.9 Å². The van der Waals surface area contributed by atoms with E-state index in [-0.39, 0.29) is 0 Å². The minimum Gasteiger partial charge on any atom is -0.338 e. The van der Waals surface area contributed by atoms with Crippen molar-refractivity contribution in [2.75, 3.05) is 0 Å². The summed E-state index contributed by atoms with van der Waals surface area (Å²) in [4.78, 5) is 4.49. The summed E-state index contributed by atoms with van der Waals surface area (Å²) >= 11 is 1.52. The number of hydrogen-bond acceptors (Lipinski definition) is 6. The van der Waals surface area contributed by atoms with E-state index in [1.807, 2.05) is 42.7 Å². The normalized spacial score (nSPS) is 11.1. The topological polar surface area (TPSA) is 69.6 Å². The van der Waals surface area contributed by atoms with Crippen LogP contribution in [0.1, 0.15) is 22.8 Å². The summed E-state index contributed by atoms with van der Waals surface area (Å²) in [5.41, 5.74) is 4.40. The van der Waals surface area contributed by atoms with Crippen LogP contribution in [0.4, 0.5) is 0 Å². The van der Waals surface area contributed by atoms with Gasteiger partial charge in [0.05, 0.1) is 5.75 Å². The molecule has 0 aliphatic carbocycles. The van der Waals surface area contributed by atoms with E-state index in [1.165, 1.54) is 22.9 Å². The van der Waals surface area contributed by atoms with Crippen molar-refractivity contribution in [3.8, 4) is 17.1 Å². The minimum absolute atomic E-state index is 0.531. The number of aryl methyl sites for hydroxylation is 3. The summed E-state index contributed by atoms with van der Waals surface area (Å²) in [6.07, 6.45) is 0. The Bertz CT molecular complexity index is 1050. The summed E-state index contributed by atoms with van der Waals surface area (Å²) < 4.78 is 7.43. The first-order chi connectivity index (χ1) is 13.1. The number of nitrogens with zero attached hydrogens (tertiary/aromatic N) is 5. The second kappa shape index (κ2) is 7.36. The average molecular weight is 377 g/mol. The van der Waals surface area contributed by atoms with Gasteiger partial charge >= 0.3 is 0 Å². The van der Waals surface area contributed by atoms with E-state index in [2.05, 4.69) is 51.5 Å². The number of benzene rings is 2. The van der Waals surface area contributed by atoms with Crippen LogP contribution in [0.15, 0.2) is 58.2 Å². The van der Waals surface area contributed by atoms with Gasteiger partial charge in [-0.25, -0.2) is 0 Å². The third-order valence-corrected chi connectivity index (χ3v) is 5.10. The molecule has 0 aliphatic heterocycles. The van der Waals surface area contributed by atoms with Gasteiger partial charge < -0.3 is 4.52 Å². The lowest BCUT2D eigenvalue weighted by atomic mass is 10.1. The third-order valence-electron chi connectivity index (χ3n) is 4.19. The van der Waals surface area contributed by atoms with Crippen molar-refractivity contribution >= 4 is 11.8 Å². The Morgan fingerprint density at radius 3 is 2.26 bits per heavy atom. The maximum atomic E-state index is 5.40. The molecule has 0 atom stereocenters. The van der Waals surface area contributed by atoms with Crippen LogP contribution in [0.3, 0.4) is 0 Å². The van der Waals surface area contributed by atoms with Crippen LogP contribution in [0.2, 0.25) is 0 Å². The summed E-state index contributed by atoms with van der Waals surface area (Å²) in [6.45, 7) is 6.06. The molecule has 2 heterocycles. The van der Waals surface area contributed by atoms with Gasteiger partial charge in [0.25, 0.3) is 0 Å². The van der Waals surface area contributed by atoms with Crippen molar-refractivity contribution in [3.05, 3.63) is 71.4 Å². The predicted octanol–water partition coefficient (Wildman–Crippen LogP) is 4.53. The van der Waals surface area contributed by atoms with E-state index in [9.17, 15) is 0 Å². The van der Waals surface area contributed by atoms with Gasteiger partial charge in [-0.15, -0.1) is 10.2 Å². The molecule has 0 saturated heterocycles. The highest BCUT2D eigenvalue weighted by Crippen LogP contribution is 2.26. The Kier molecular flexibility index (Phi) is 4.77. The molecule has 0 fully saturated rings. The highest BCUT2D eigenvalue weighted by atomic mass is 32.2. The van der Waals surface area contributed by atoms with Gasteiger partial charge in [0, 0.05) is 11.3 Å². The summed E-state index contributed by atoms with van der Waals surface area (Å²) in [5, 5.41) is 13.4. The maximum Gasteiger partial charge on any atom is 0.237 e. The number of hydrogen-bond donors (Lipinski definition) is 0. The molecule has 2 aromatic carbocycles. The van der Waals surface area contributed by atoms with Crippen molar-refractivity contribution in [2.24, 2.45) is 0 Å². The molecule has 0 radical (unpaired) electrons.